The van der Waals surface area contributed by atoms with Crippen molar-refractivity contribution in [3.05, 3.63) is 35.9 Å². The van der Waals surface area contributed by atoms with Gasteiger partial charge in [-0.3, -0.25) is 5.32 Å². The van der Waals surface area contributed by atoms with Crippen LogP contribution in [0.15, 0.2) is 30.3 Å². The van der Waals surface area contributed by atoms with E-state index in [-0.39, 0.29) is 5.11 Å². The Kier molecular flexibility index (Phi) is 6.14. The quantitative estimate of drug-likeness (QED) is 0.822. The molecule has 0 aliphatic heterocycles. The van der Waals surface area contributed by atoms with Gasteiger partial charge < -0.3 is 10.1 Å². The van der Waals surface area contributed by atoms with Crippen molar-refractivity contribution in [2.75, 3.05) is 6.61 Å². The normalized spacial score (nSPS) is 9.94. The Morgan fingerprint density at radius 2 is 2.00 bits per heavy atom. The average molecular weight is 266 g/mol. The van der Waals surface area contributed by atoms with Crippen LogP contribution < -0.4 is 10.6 Å². The lowest BCUT2D eigenvalue weighted by Crippen LogP contribution is -2.39. The fourth-order valence-corrected chi connectivity index (χ4v) is 1.35. The van der Waals surface area contributed by atoms with Gasteiger partial charge >= 0.3 is 6.09 Å². The van der Waals surface area contributed by atoms with Crippen LogP contribution in [0.4, 0.5) is 4.79 Å². The first kappa shape index (κ1) is 14.4. The maximum Gasteiger partial charge on any atom is 0.413 e. The standard InChI is InChI=1S/C13H18N2O2S/c1-10(2)9-17-13(16)15-12(18)14-8-11-6-4-3-5-7-11/h3-7,10H,8-9H2,1-2H3,(H2,14,15,16,18). The second kappa shape index (κ2) is 7.66. The van der Waals surface area contributed by atoms with Crippen LogP contribution >= 0.6 is 12.2 Å². The van der Waals surface area contributed by atoms with Crippen LogP contribution in [0.5, 0.6) is 0 Å². The molecule has 1 rings (SSSR count). The van der Waals surface area contributed by atoms with Crippen LogP contribution in [0.1, 0.15) is 19.4 Å². The Bertz CT molecular complexity index is 393. The van der Waals surface area contributed by atoms with Gasteiger partial charge in [-0.05, 0) is 23.7 Å². The van der Waals surface area contributed by atoms with Crippen molar-refractivity contribution in [1.82, 2.24) is 10.6 Å². The third kappa shape index (κ3) is 6.20. The third-order valence-corrected chi connectivity index (χ3v) is 2.31. The Hall–Kier alpha value is -1.62. The molecule has 0 heterocycles. The number of nitrogens with one attached hydrogen (secondary N) is 2. The first-order chi connectivity index (χ1) is 8.58. The Labute approximate surface area is 113 Å². The molecule has 0 saturated heterocycles. The maximum absolute atomic E-state index is 11.3. The van der Waals surface area contributed by atoms with Gasteiger partial charge in [-0.1, -0.05) is 44.2 Å². The van der Waals surface area contributed by atoms with E-state index >= 15 is 0 Å². The molecule has 0 radical (unpaired) electrons. The molecule has 0 aliphatic rings. The highest BCUT2D eigenvalue weighted by molar-refractivity contribution is 7.80. The maximum atomic E-state index is 11.3. The second-order valence-corrected chi connectivity index (χ2v) is 4.69. The van der Waals surface area contributed by atoms with E-state index in [0.717, 1.165) is 5.56 Å². The van der Waals surface area contributed by atoms with Gasteiger partial charge in [0.05, 0.1) is 6.61 Å². The highest BCUT2D eigenvalue weighted by atomic mass is 32.1. The Balaban J connectivity index is 2.23. The summed E-state index contributed by atoms with van der Waals surface area (Å²) >= 11 is 4.99. The molecule has 0 spiro atoms. The van der Waals surface area contributed by atoms with Gasteiger partial charge in [-0.25, -0.2) is 4.79 Å². The lowest BCUT2D eigenvalue weighted by Gasteiger charge is -2.11. The molecule has 5 heteroatoms. The first-order valence-electron chi connectivity index (χ1n) is 5.83. The van der Waals surface area contributed by atoms with E-state index in [9.17, 15) is 4.79 Å². The van der Waals surface area contributed by atoms with E-state index in [1.54, 1.807) is 0 Å². The summed E-state index contributed by atoms with van der Waals surface area (Å²) < 4.78 is 4.95. The molecule has 0 aromatic heterocycles. The molecule has 0 fully saturated rings. The summed E-state index contributed by atoms with van der Waals surface area (Å²) in [7, 11) is 0. The zero-order chi connectivity index (χ0) is 13.4. The molecule has 1 amide bonds. The van der Waals surface area contributed by atoms with Gasteiger partial charge in [0.1, 0.15) is 0 Å². The van der Waals surface area contributed by atoms with E-state index in [2.05, 4.69) is 10.6 Å². The van der Waals surface area contributed by atoms with Crippen LogP contribution in [0, 0.1) is 5.92 Å². The van der Waals surface area contributed by atoms with E-state index < -0.39 is 6.09 Å². The van der Waals surface area contributed by atoms with Crippen molar-refractivity contribution >= 4 is 23.4 Å². The molecule has 0 aliphatic carbocycles. The number of ether oxygens (including phenoxy) is 1. The highest BCUT2D eigenvalue weighted by Gasteiger charge is 2.06. The van der Waals surface area contributed by atoms with Crippen LogP contribution in [0.3, 0.4) is 0 Å². The second-order valence-electron chi connectivity index (χ2n) is 4.29. The molecule has 0 saturated carbocycles. The average Bonchev–Trinajstić information content (AvgIpc) is 2.35. The minimum absolute atomic E-state index is 0.271. The van der Waals surface area contributed by atoms with Crippen molar-refractivity contribution in [3.63, 3.8) is 0 Å². The molecule has 98 valence electrons. The largest absolute Gasteiger partial charge is 0.449 e. The molecule has 2 N–H and O–H groups in total. The molecule has 0 bridgehead atoms. The number of hydrogen-bond acceptors (Lipinski definition) is 3. The van der Waals surface area contributed by atoms with Crippen molar-refractivity contribution in [2.24, 2.45) is 5.92 Å². The molecule has 1 aromatic carbocycles. The number of benzene rings is 1. The van der Waals surface area contributed by atoms with Crippen LogP contribution in [0.25, 0.3) is 0 Å². The van der Waals surface area contributed by atoms with Crippen LogP contribution in [-0.4, -0.2) is 17.8 Å². The molecule has 4 nitrogen and oxygen atoms in total. The predicted molar refractivity (Wildman–Crippen MR) is 75.2 cm³/mol. The molecule has 0 atom stereocenters. The number of hydrogen-bond donors (Lipinski definition) is 2. The highest BCUT2D eigenvalue weighted by Crippen LogP contribution is 1.97. The summed E-state index contributed by atoms with van der Waals surface area (Å²) in [5.74, 6) is 0.307. The van der Waals surface area contributed by atoms with Crippen LogP contribution in [0.2, 0.25) is 0 Å². The fourth-order valence-electron chi connectivity index (χ4n) is 1.19. The van der Waals surface area contributed by atoms with Gasteiger partial charge in [-0.15, -0.1) is 0 Å². The summed E-state index contributed by atoms with van der Waals surface area (Å²) in [4.78, 5) is 11.3. The molecule has 0 unspecified atom stereocenters. The van der Waals surface area contributed by atoms with Crippen molar-refractivity contribution < 1.29 is 9.53 Å². The monoisotopic (exact) mass is 266 g/mol. The van der Waals surface area contributed by atoms with Gasteiger partial charge in [-0.2, -0.15) is 0 Å². The number of carbonyl (C=O) groups is 1. The third-order valence-electron chi connectivity index (χ3n) is 2.06. The zero-order valence-corrected chi connectivity index (χ0v) is 11.4. The van der Waals surface area contributed by atoms with E-state index in [0.29, 0.717) is 19.1 Å². The minimum Gasteiger partial charge on any atom is -0.449 e. The molecular formula is C13H18N2O2S. The molecular weight excluding hydrogens is 248 g/mol. The summed E-state index contributed by atoms with van der Waals surface area (Å²) in [5.41, 5.74) is 1.09. The van der Waals surface area contributed by atoms with Crippen molar-refractivity contribution in [1.29, 1.82) is 0 Å². The number of amides is 1. The molecule has 18 heavy (non-hydrogen) atoms. The first-order valence-corrected chi connectivity index (χ1v) is 6.24. The summed E-state index contributed by atoms with van der Waals surface area (Å²) in [5, 5.41) is 5.67. The number of alkyl carbamates (subject to hydrolysis) is 1. The number of rotatable bonds is 4. The smallest absolute Gasteiger partial charge is 0.413 e. The fraction of sp³-hybridized carbons (Fsp3) is 0.385. The van der Waals surface area contributed by atoms with Gasteiger partial charge in [0, 0.05) is 6.54 Å². The summed E-state index contributed by atoms with van der Waals surface area (Å²) in [6.45, 7) is 4.90. The lowest BCUT2D eigenvalue weighted by atomic mass is 10.2. The van der Waals surface area contributed by atoms with Crippen molar-refractivity contribution in [3.8, 4) is 0 Å². The Morgan fingerprint density at radius 3 is 2.61 bits per heavy atom. The predicted octanol–water partition coefficient (Wildman–Crippen LogP) is 2.44. The van der Waals surface area contributed by atoms with E-state index in [1.807, 2.05) is 44.2 Å². The Morgan fingerprint density at radius 1 is 1.33 bits per heavy atom. The molecule has 1 aromatic rings. The van der Waals surface area contributed by atoms with E-state index in [4.69, 9.17) is 17.0 Å². The van der Waals surface area contributed by atoms with Gasteiger partial charge in [0.2, 0.25) is 0 Å². The van der Waals surface area contributed by atoms with E-state index in [1.165, 1.54) is 0 Å². The van der Waals surface area contributed by atoms with Crippen LogP contribution in [-0.2, 0) is 11.3 Å². The van der Waals surface area contributed by atoms with Crippen molar-refractivity contribution in [2.45, 2.75) is 20.4 Å². The zero-order valence-electron chi connectivity index (χ0n) is 10.6. The topological polar surface area (TPSA) is 50.4 Å². The summed E-state index contributed by atoms with van der Waals surface area (Å²) in [6, 6.07) is 9.80. The van der Waals surface area contributed by atoms with Gasteiger partial charge in [0.25, 0.3) is 0 Å². The number of carbonyl (C=O) groups excluding carboxylic acids is 1. The lowest BCUT2D eigenvalue weighted by molar-refractivity contribution is 0.138. The van der Waals surface area contributed by atoms with Gasteiger partial charge in [0.15, 0.2) is 5.11 Å². The SMILES string of the molecule is CC(C)COC(=O)NC(=S)NCc1ccccc1. The summed E-state index contributed by atoms with van der Waals surface area (Å²) in [6.07, 6.45) is -0.519. The number of thiocarbonyl (C=S) groups is 1. The minimum atomic E-state index is -0.519.